The Balaban J connectivity index is 2.09. The monoisotopic (exact) mass is 283 g/mol. The van der Waals surface area contributed by atoms with Gasteiger partial charge in [-0.3, -0.25) is 0 Å². The van der Waals surface area contributed by atoms with E-state index in [1.54, 1.807) is 0 Å². The predicted molar refractivity (Wildman–Crippen MR) is 89.0 cm³/mol. The highest BCUT2D eigenvalue weighted by Gasteiger charge is 2.06. The van der Waals surface area contributed by atoms with Crippen LogP contribution in [0.25, 0.3) is 0 Å². The number of aryl methyl sites for hydroxylation is 2. The molecule has 0 radical (unpaired) electrons. The molecule has 0 spiro atoms. The van der Waals surface area contributed by atoms with Crippen molar-refractivity contribution in [3.63, 3.8) is 0 Å². The molecule has 2 heteroatoms. The summed E-state index contributed by atoms with van der Waals surface area (Å²) in [5, 5.41) is 0. The highest BCUT2D eigenvalue weighted by molar-refractivity contribution is 5.40. The van der Waals surface area contributed by atoms with E-state index in [4.69, 9.17) is 10.5 Å². The Kier molecular flexibility index (Phi) is 5.40. The Labute approximate surface area is 127 Å². The van der Waals surface area contributed by atoms with Crippen molar-refractivity contribution in [1.82, 2.24) is 0 Å². The van der Waals surface area contributed by atoms with Crippen LogP contribution >= 0.6 is 0 Å². The minimum Gasteiger partial charge on any atom is -0.457 e. The first-order chi connectivity index (χ1) is 10.1. The molecule has 0 heterocycles. The molecule has 0 saturated heterocycles. The van der Waals surface area contributed by atoms with Crippen molar-refractivity contribution >= 4 is 0 Å². The topological polar surface area (TPSA) is 35.2 Å². The summed E-state index contributed by atoms with van der Waals surface area (Å²) in [6.07, 6.45) is 2.97. The van der Waals surface area contributed by atoms with Crippen molar-refractivity contribution in [1.29, 1.82) is 0 Å². The van der Waals surface area contributed by atoms with Crippen molar-refractivity contribution < 1.29 is 4.74 Å². The second-order valence-corrected chi connectivity index (χ2v) is 5.57. The van der Waals surface area contributed by atoms with Gasteiger partial charge in [-0.1, -0.05) is 38.1 Å². The van der Waals surface area contributed by atoms with E-state index in [0.717, 1.165) is 36.3 Å². The summed E-state index contributed by atoms with van der Waals surface area (Å²) in [7, 11) is 0. The first-order valence-corrected chi connectivity index (χ1v) is 7.74. The third kappa shape index (κ3) is 4.33. The smallest absolute Gasteiger partial charge is 0.130 e. The van der Waals surface area contributed by atoms with Gasteiger partial charge < -0.3 is 10.5 Å². The third-order valence-corrected chi connectivity index (χ3v) is 3.82. The molecule has 112 valence electrons. The molecule has 0 bridgehead atoms. The third-order valence-electron chi connectivity index (χ3n) is 3.82. The molecule has 0 saturated carbocycles. The average molecular weight is 283 g/mol. The lowest BCUT2D eigenvalue weighted by atomic mass is 10.0. The number of benzene rings is 2. The van der Waals surface area contributed by atoms with E-state index < -0.39 is 0 Å². The largest absolute Gasteiger partial charge is 0.457 e. The lowest BCUT2D eigenvalue weighted by molar-refractivity contribution is 0.478. The Morgan fingerprint density at radius 1 is 1.00 bits per heavy atom. The van der Waals surface area contributed by atoms with E-state index in [-0.39, 0.29) is 6.04 Å². The fraction of sp³-hybridized carbons (Fsp3) is 0.368. The highest BCUT2D eigenvalue weighted by atomic mass is 16.5. The van der Waals surface area contributed by atoms with Crippen LogP contribution in [0.4, 0.5) is 0 Å². The summed E-state index contributed by atoms with van der Waals surface area (Å²) >= 11 is 0. The fourth-order valence-corrected chi connectivity index (χ4v) is 2.32. The van der Waals surface area contributed by atoms with E-state index in [1.807, 2.05) is 18.2 Å². The maximum atomic E-state index is 6.01. The van der Waals surface area contributed by atoms with Crippen LogP contribution in [0.3, 0.4) is 0 Å². The van der Waals surface area contributed by atoms with Crippen LogP contribution in [0.15, 0.2) is 42.5 Å². The minimum atomic E-state index is 0.234. The summed E-state index contributed by atoms with van der Waals surface area (Å²) in [5.41, 5.74) is 9.76. The predicted octanol–water partition coefficient (Wildman–Crippen LogP) is 4.63. The molecule has 2 aromatic carbocycles. The van der Waals surface area contributed by atoms with Gasteiger partial charge in [-0.25, -0.2) is 0 Å². The molecule has 0 amide bonds. The molecular formula is C19H25NO. The fourth-order valence-electron chi connectivity index (χ4n) is 2.32. The van der Waals surface area contributed by atoms with Gasteiger partial charge >= 0.3 is 0 Å². The van der Waals surface area contributed by atoms with E-state index in [0.29, 0.717) is 0 Å². The van der Waals surface area contributed by atoms with Crippen LogP contribution in [-0.4, -0.2) is 6.04 Å². The molecule has 0 aliphatic rings. The van der Waals surface area contributed by atoms with Crippen molar-refractivity contribution in [3.8, 4) is 11.5 Å². The molecule has 0 aliphatic heterocycles. The van der Waals surface area contributed by atoms with Gasteiger partial charge in [0, 0.05) is 6.04 Å². The van der Waals surface area contributed by atoms with Gasteiger partial charge in [0.25, 0.3) is 0 Å². The number of nitrogens with two attached hydrogens (primary N) is 1. The molecule has 1 atom stereocenters. The van der Waals surface area contributed by atoms with Crippen LogP contribution < -0.4 is 10.5 Å². The van der Waals surface area contributed by atoms with Crippen molar-refractivity contribution in [2.45, 2.75) is 46.1 Å². The summed E-state index contributed by atoms with van der Waals surface area (Å²) in [6, 6.07) is 14.8. The van der Waals surface area contributed by atoms with E-state index >= 15 is 0 Å². The second-order valence-electron chi connectivity index (χ2n) is 5.57. The second kappa shape index (κ2) is 7.28. The van der Waals surface area contributed by atoms with Gasteiger partial charge in [-0.2, -0.15) is 0 Å². The molecule has 2 rings (SSSR count). The Hall–Kier alpha value is -1.80. The Bertz CT molecular complexity index is 575. The zero-order valence-electron chi connectivity index (χ0n) is 13.2. The molecule has 0 aromatic heterocycles. The highest BCUT2D eigenvalue weighted by Crippen LogP contribution is 2.26. The van der Waals surface area contributed by atoms with Crippen molar-refractivity contribution in [3.05, 3.63) is 59.2 Å². The van der Waals surface area contributed by atoms with E-state index in [2.05, 4.69) is 45.0 Å². The molecule has 2 aromatic rings. The average Bonchev–Trinajstić information content (AvgIpc) is 2.50. The molecule has 2 nitrogen and oxygen atoms in total. The summed E-state index contributed by atoms with van der Waals surface area (Å²) in [4.78, 5) is 0. The first-order valence-electron chi connectivity index (χ1n) is 7.74. The number of hydrogen-bond acceptors (Lipinski definition) is 2. The van der Waals surface area contributed by atoms with Gasteiger partial charge in [-0.15, -0.1) is 0 Å². The number of rotatable bonds is 6. The maximum absolute atomic E-state index is 6.01. The summed E-state index contributed by atoms with van der Waals surface area (Å²) in [6.45, 7) is 6.35. The SMILES string of the molecule is CCc1ccc(Oc2ccc(CC(N)CC)cc2C)cc1. The minimum absolute atomic E-state index is 0.234. The summed E-state index contributed by atoms with van der Waals surface area (Å²) < 4.78 is 5.96. The molecule has 21 heavy (non-hydrogen) atoms. The number of hydrogen-bond donors (Lipinski definition) is 1. The number of ether oxygens (including phenoxy) is 1. The lowest BCUT2D eigenvalue weighted by Crippen LogP contribution is -2.21. The maximum Gasteiger partial charge on any atom is 0.130 e. The zero-order chi connectivity index (χ0) is 15.2. The van der Waals surface area contributed by atoms with Crippen molar-refractivity contribution in [2.75, 3.05) is 0 Å². The Morgan fingerprint density at radius 2 is 1.67 bits per heavy atom. The van der Waals surface area contributed by atoms with E-state index in [1.165, 1.54) is 11.1 Å². The lowest BCUT2D eigenvalue weighted by Gasteiger charge is -2.13. The van der Waals surface area contributed by atoms with Crippen LogP contribution in [-0.2, 0) is 12.8 Å². The zero-order valence-corrected chi connectivity index (χ0v) is 13.2. The van der Waals surface area contributed by atoms with Gasteiger partial charge in [0.2, 0.25) is 0 Å². The molecule has 0 aliphatic carbocycles. The molecule has 0 fully saturated rings. The molecule has 2 N–H and O–H groups in total. The van der Waals surface area contributed by atoms with Gasteiger partial charge in [0.15, 0.2) is 0 Å². The van der Waals surface area contributed by atoms with Gasteiger partial charge in [-0.05, 0) is 61.1 Å². The van der Waals surface area contributed by atoms with Crippen LogP contribution in [0.1, 0.15) is 37.0 Å². The first kappa shape index (κ1) is 15.6. The molecular weight excluding hydrogens is 258 g/mol. The quantitative estimate of drug-likeness (QED) is 0.839. The van der Waals surface area contributed by atoms with Crippen LogP contribution in [0, 0.1) is 6.92 Å². The summed E-state index contributed by atoms with van der Waals surface area (Å²) in [5.74, 6) is 1.79. The normalized spacial score (nSPS) is 12.2. The van der Waals surface area contributed by atoms with Crippen LogP contribution in [0.5, 0.6) is 11.5 Å². The van der Waals surface area contributed by atoms with E-state index in [9.17, 15) is 0 Å². The van der Waals surface area contributed by atoms with Crippen molar-refractivity contribution in [2.24, 2.45) is 5.73 Å². The van der Waals surface area contributed by atoms with Gasteiger partial charge in [0.05, 0.1) is 0 Å². The van der Waals surface area contributed by atoms with Crippen LogP contribution in [0.2, 0.25) is 0 Å². The Morgan fingerprint density at radius 3 is 2.24 bits per heavy atom. The standard InChI is InChI=1S/C19H25NO/c1-4-15-6-9-18(10-7-15)21-19-11-8-16(12-14(19)3)13-17(20)5-2/h6-12,17H,4-5,13,20H2,1-3H3. The molecule has 1 unspecified atom stereocenters. The van der Waals surface area contributed by atoms with Gasteiger partial charge in [0.1, 0.15) is 11.5 Å².